The van der Waals surface area contributed by atoms with Crippen LogP contribution in [0.25, 0.3) is 0 Å². The van der Waals surface area contributed by atoms with E-state index in [0.29, 0.717) is 0 Å². The Morgan fingerprint density at radius 3 is 2.53 bits per heavy atom. The van der Waals surface area contributed by atoms with Gasteiger partial charge in [0, 0.05) is 6.42 Å². The van der Waals surface area contributed by atoms with Gasteiger partial charge in [0.15, 0.2) is 5.78 Å². The minimum absolute atomic E-state index is 0.164. The molecule has 0 aliphatic rings. The lowest BCUT2D eigenvalue weighted by Crippen LogP contribution is -2.33. The number of halogens is 3. The summed E-state index contributed by atoms with van der Waals surface area (Å²) in [6.07, 6.45) is -4.11. The van der Waals surface area contributed by atoms with Crippen molar-refractivity contribution in [3.63, 3.8) is 0 Å². The Morgan fingerprint density at radius 1 is 1.29 bits per heavy atom. The number of Topliss-reactive ketones (excluding diaryl/α,β-unsaturated/α-hetero) is 1. The predicted molar refractivity (Wildman–Crippen MR) is 58.8 cm³/mol. The van der Waals surface area contributed by atoms with Crippen molar-refractivity contribution in [1.82, 2.24) is 5.32 Å². The van der Waals surface area contributed by atoms with Crippen molar-refractivity contribution in [2.75, 3.05) is 13.1 Å². The lowest BCUT2D eigenvalue weighted by molar-refractivity contribution is -0.127. The third kappa shape index (κ3) is 5.49. The topological polar surface area (TPSA) is 29.1 Å². The normalized spacial score (nSPS) is 11.5. The second-order valence-corrected chi connectivity index (χ2v) is 3.86. The molecule has 94 valence electrons. The van der Waals surface area contributed by atoms with Crippen molar-refractivity contribution < 1.29 is 18.0 Å². The van der Waals surface area contributed by atoms with Crippen LogP contribution in [0.1, 0.15) is 11.1 Å². The zero-order valence-electron chi connectivity index (χ0n) is 9.47. The molecule has 17 heavy (non-hydrogen) atoms. The van der Waals surface area contributed by atoms with Gasteiger partial charge in [-0.1, -0.05) is 24.3 Å². The second-order valence-electron chi connectivity index (χ2n) is 3.86. The first-order valence-electron chi connectivity index (χ1n) is 5.22. The molecule has 0 fully saturated rings. The minimum atomic E-state index is -4.27. The van der Waals surface area contributed by atoms with Gasteiger partial charge in [-0.3, -0.25) is 4.79 Å². The highest BCUT2D eigenvalue weighted by molar-refractivity contribution is 5.83. The van der Waals surface area contributed by atoms with Crippen LogP contribution in [-0.2, 0) is 11.2 Å². The molecule has 0 heterocycles. The average Bonchev–Trinajstić information content (AvgIpc) is 2.19. The van der Waals surface area contributed by atoms with Crippen LogP contribution in [0.5, 0.6) is 0 Å². The Bertz CT molecular complexity index is 388. The summed E-state index contributed by atoms with van der Waals surface area (Å²) in [5.41, 5.74) is 1.82. The van der Waals surface area contributed by atoms with Gasteiger partial charge in [0.05, 0.1) is 13.1 Å². The van der Waals surface area contributed by atoms with Crippen LogP contribution in [0.15, 0.2) is 24.3 Å². The summed E-state index contributed by atoms with van der Waals surface area (Å²) in [6, 6.07) is 7.33. The van der Waals surface area contributed by atoms with Crippen LogP contribution in [-0.4, -0.2) is 25.0 Å². The SMILES string of the molecule is Cc1ccccc1CC(=O)CNCC(F)(F)F. The molecule has 1 rings (SSSR count). The number of hydrogen-bond donors (Lipinski definition) is 1. The number of rotatable bonds is 5. The van der Waals surface area contributed by atoms with Gasteiger partial charge >= 0.3 is 6.18 Å². The molecule has 2 nitrogen and oxygen atoms in total. The summed E-state index contributed by atoms with van der Waals surface area (Å²) >= 11 is 0. The molecule has 0 bridgehead atoms. The summed E-state index contributed by atoms with van der Waals surface area (Å²) in [6.45, 7) is 0.478. The van der Waals surface area contributed by atoms with E-state index in [0.717, 1.165) is 11.1 Å². The summed E-state index contributed by atoms with van der Waals surface area (Å²) in [7, 11) is 0. The van der Waals surface area contributed by atoms with Gasteiger partial charge in [0.25, 0.3) is 0 Å². The van der Waals surface area contributed by atoms with Crippen LogP contribution >= 0.6 is 0 Å². The molecule has 0 atom stereocenters. The van der Waals surface area contributed by atoms with Crippen LogP contribution in [0.4, 0.5) is 13.2 Å². The molecule has 5 heteroatoms. The first kappa shape index (κ1) is 13.7. The zero-order valence-corrected chi connectivity index (χ0v) is 9.47. The smallest absolute Gasteiger partial charge is 0.302 e. The van der Waals surface area contributed by atoms with E-state index >= 15 is 0 Å². The molecule has 0 aliphatic carbocycles. The molecular weight excluding hydrogens is 231 g/mol. The number of hydrogen-bond acceptors (Lipinski definition) is 2. The van der Waals surface area contributed by atoms with Gasteiger partial charge in [0.1, 0.15) is 0 Å². The van der Waals surface area contributed by atoms with E-state index in [4.69, 9.17) is 0 Å². The summed E-state index contributed by atoms with van der Waals surface area (Å²) in [4.78, 5) is 11.4. The summed E-state index contributed by atoms with van der Waals surface area (Å²) < 4.78 is 35.5. The Labute approximate surface area is 97.8 Å². The first-order valence-corrected chi connectivity index (χ1v) is 5.22. The van der Waals surface area contributed by atoms with Crippen molar-refractivity contribution in [3.05, 3.63) is 35.4 Å². The highest BCUT2D eigenvalue weighted by Crippen LogP contribution is 2.12. The molecule has 0 saturated heterocycles. The van der Waals surface area contributed by atoms with Crippen LogP contribution < -0.4 is 5.32 Å². The number of benzene rings is 1. The summed E-state index contributed by atoms with van der Waals surface area (Å²) in [5.74, 6) is -0.247. The van der Waals surface area contributed by atoms with Crippen LogP contribution in [0, 0.1) is 6.92 Å². The molecule has 0 aromatic heterocycles. The fraction of sp³-hybridized carbons (Fsp3) is 0.417. The van der Waals surface area contributed by atoms with Crippen molar-refractivity contribution in [2.45, 2.75) is 19.5 Å². The van der Waals surface area contributed by atoms with Crippen LogP contribution in [0.2, 0.25) is 0 Å². The van der Waals surface area contributed by atoms with Crippen molar-refractivity contribution >= 4 is 5.78 Å². The fourth-order valence-electron chi connectivity index (χ4n) is 1.43. The van der Waals surface area contributed by atoms with Gasteiger partial charge < -0.3 is 5.32 Å². The molecule has 1 aromatic carbocycles. The van der Waals surface area contributed by atoms with E-state index in [1.807, 2.05) is 19.1 Å². The third-order valence-electron chi connectivity index (χ3n) is 2.30. The van der Waals surface area contributed by atoms with E-state index in [-0.39, 0.29) is 18.7 Å². The average molecular weight is 245 g/mol. The van der Waals surface area contributed by atoms with Gasteiger partial charge in [0.2, 0.25) is 0 Å². The highest BCUT2D eigenvalue weighted by Gasteiger charge is 2.26. The van der Waals surface area contributed by atoms with Gasteiger partial charge in [-0.15, -0.1) is 0 Å². The number of carbonyl (C=O) groups is 1. The quantitative estimate of drug-likeness (QED) is 0.862. The monoisotopic (exact) mass is 245 g/mol. The molecule has 1 N–H and O–H groups in total. The zero-order chi connectivity index (χ0) is 12.9. The molecule has 0 radical (unpaired) electrons. The molecule has 0 unspecified atom stereocenters. The maximum atomic E-state index is 11.8. The van der Waals surface area contributed by atoms with E-state index in [1.54, 1.807) is 12.1 Å². The first-order chi connectivity index (χ1) is 7.88. The maximum absolute atomic E-state index is 11.8. The minimum Gasteiger partial charge on any atom is -0.302 e. The van der Waals surface area contributed by atoms with Crippen molar-refractivity contribution in [2.24, 2.45) is 0 Å². The van der Waals surface area contributed by atoms with Gasteiger partial charge in [-0.05, 0) is 18.1 Å². The Kier molecular flexibility index (Phi) is 4.69. The lowest BCUT2D eigenvalue weighted by atomic mass is 10.0. The highest BCUT2D eigenvalue weighted by atomic mass is 19.4. The number of carbonyl (C=O) groups excluding carboxylic acids is 1. The van der Waals surface area contributed by atoms with Gasteiger partial charge in [-0.25, -0.2) is 0 Å². The summed E-state index contributed by atoms with van der Waals surface area (Å²) in [5, 5.41) is 2.09. The lowest BCUT2D eigenvalue weighted by Gasteiger charge is -2.08. The van der Waals surface area contributed by atoms with E-state index in [2.05, 4.69) is 5.32 Å². The third-order valence-corrected chi connectivity index (χ3v) is 2.30. The molecular formula is C12H14F3NO. The molecule has 1 aromatic rings. The predicted octanol–water partition coefficient (Wildman–Crippen LogP) is 2.26. The van der Waals surface area contributed by atoms with Crippen molar-refractivity contribution in [3.8, 4) is 0 Å². The molecule has 0 saturated carbocycles. The standard InChI is InChI=1S/C12H14F3NO/c1-9-4-2-3-5-10(9)6-11(17)7-16-8-12(13,14)15/h2-5,16H,6-8H2,1H3. The van der Waals surface area contributed by atoms with E-state index in [9.17, 15) is 18.0 Å². The largest absolute Gasteiger partial charge is 0.401 e. The maximum Gasteiger partial charge on any atom is 0.401 e. The van der Waals surface area contributed by atoms with Crippen LogP contribution in [0.3, 0.4) is 0 Å². The Hall–Kier alpha value is -1.36. The number of ketones is 1. The molecule has 0 spiro atoms. The fourth-order valence-corrected chi connectivity index (χ4v) is 1.43. The van der Waals surface area contributed by atoms with E-state index in [1.165, 1.54) is 0 Å². The Balaban J connectivity index is 2.38. The Morgan fingerprint density at radius 2 is 1.94 bits per heavy atom. The van der Waals surface area contributed by atoms with Crippen molar-refractivity contribution in [1.29, 1.82) is 0 Å². The van der Waals surface area contributed by atoms with Gasteiger partial charge in [-0.2, -0.15) is 13.2 Å². The second kappa shape index (κ2) is 5.82. The van der Waals surface area contributed by atoms with E-state index < -0.39 is 12.7 Å². The number of aryl methyl sites for hydroxylation is 1. The number of alkyl halides is 3. The molecule has 0 amide bonds. The number of nitrogens with one attached hydrogen (secondary N) is 1. The molecule has 0 aliphatic heterocycles.